The Hall–Kier alpha value is -5.86. The number of benzene rings is 6. The molecular weight excluding hydrogens is 558 g/mol. The van der Waals surface area contributed by atoms with Crippen molar-refractivity contribution in [1.29, 1.82) is 0 Å². The average molecular weight is 596 g/mol. The number of ether oxygens (including phenoxy) is 1. The third-order valence-corrected chi connectivity index (χ3v) is 7.97. The van der Waals surface area contributed by atoms with E-state index in [2.05, 4.69) is 188 Å². The van der Waals surface area contributed by atoms with E-state index in [1.807, 2.05) is 12.1 Å². The van der Waals surface area contributed by atoms with Gasteiger partial charge in [-0.2, -0.15) is 0 Å². The van der Waals surface area contributed by atoms with Crippen LogP contribution < -0.4 is 9.64 Å². The molecule has 2 nitrogen and oxygen atoms in total. The quantitative estimate of drug-likeness (QED) is 0.146. The fraction of sp³-hybridized carbons (Fsp3) is 0.0455. The molecule has 0 heterocycles. The average Bonchev–Trinajstić information content (AvgIpc) is 3.12. The second-order valence-corrected chi connectivity index (χ2v) is 11.1. The molecule has 0 bridgehead atoms. The van der Waals surface area contributed by atoms with Gasteiger partial charge in [0.25, 0.3) is 0 Å². The van der Waals surface area contributed by atoms with Crippen LogP contribution in [0.25, 0.3) is 28.9 Å². The lowest BCUT2D eigenvalue weighted by Crippen LogP contribution is -2.12. The standard InChI is InChI=1S/C44H37NO/c1-34-32-42(46-2)30-31-44(34)45(33-43(39-18-8-4-9-19-39)40-20-10-5-11-21-40)41-28-26-38(27-29-41)37-24-22-36(23-25-37)17-13-12-16-35-14-6-3-7-15-35/h3-33H,1-2H3. The second kappa shape index (κ2) is 14.7. The Bertz CT molecular complexity index is 1900. The van der Waals surface area contributed by atoms with E-state index in [9.17, 15) is 0 Å². The minimum absolute atomic E-state index is 0.845. The summed E-state index contributed by atoms with van der Waals surface area (Å²) in [5.74, 6) is 0.845. The number of aryl methyl sites for hydroxylation is 1. The van der Waals surface area contributed by atoms with Gasteiger partial charge in [0.1, 0.15) is 5.75 Å². The third kappa shape index (κ3) is 7.43. The van der Waals surface area contributed by atoms with Crippen LogP contribution in [0, 0.1) is 6.92 Å². The highest BCUT2D eigenvalue weighted by molar-refractivity contribution is 5.85. The number of allylic oxidation sites excluding steroid dienone is 2. The molecule has 0 aromatic heterocycles. The maximum atomic E-state index is 5.53. The van der Waals surface area contributed by atoms with Crippen molar-refractivity contribution in [2.24, 2.45) is 0 Å². The predicted molar refractivity (Wildman–Crippen MR) is 196 cm³/mol. The summed E-state index contributed by atoms with van der Waals surface area (Å²) >= 11 is 0. The number of methoxy groups -OCH3 is 1. The first kappa shape index (κ1) is 30.2. The van der Waals surface area contributed by atoms with E-state index in [0.29, 0.717) is 0 Å². The van der Waals surface area contributed by atoms with Crippen LogP contribution in [0.2, 0.25) is 0 Å². The number of rotatable bonds is 10. The van der Waals surface area contributed by atoms with Crippen molar-refractivity contribution < 1.29 is 4.74 Å². The molecule has 2 heteroatoms. The molecule has 0 unspecified atom stereocenters. The highest BCUT2D eigenvalue weighted by atomic mass is 16.5. The summed E-state index contributed by atoms with van der Waals surface area (Å²) in [7, 11) is 1.71. The van der Waals surface area contributed by atoms with Crippen molar-refractivity contribution in [3.8, 4) is 16.9 Å². The minimum Gasteiger partial charge on any atom is -0.497 e. The van der Waals surface area contributed by atoms with Gasteiger partial charge in [-0.1, -0.05) is 152 Å². The van der Waals surface area contributed by atoms with Crippen LogP contribution in [-0.2, 0) is 0 Å². The van der Waals surface area contributed by atoms with E-state index >= 15 is 0 Å². The summed E-state index contributed by atoms with van der Waals surface area (Å²) in [6, 6.07) is 55.2. The molecule has 0 aliphatic carbocycles. The fourth-order valence-corrected chi connectivity index (χ4v) is 5.49. The first-order chi connectivity index (χ1) is 22.7. The van der Waals surface area contributed by atoms with Crippen LogP contribution in [0.1, 0.15) is 27.8 Å². The molecule has 0 spiro atoms. The van der Waals surface area contributed by atoms with Crippen molar-refractivity contribution in [1.82, 2.24) is 0 Å². The Labute approximate surface area is 272 Å². The molecule has 0 fully saturated rings. The molecular formula is C44H37NO. The fourth-order valence-electron chi connectivity index (χ4n) is 5.49. The molecule has 6 aromatic rings. The van der Waals surface area contributed by atoms with Gasteiger partial charge < -0.3 is 9.64 Å². The molecule has 6 rings (SSSR count). The molecule has 0 atom stereocenters. The summed E-state index contributed by atoms with van der Waals surface area (Å²) in [6.45, 7) is 2.13. The lowest BCUT2D eigenvalue weighted by Gasteiger charge is -2.25. The highest BCUT2D eigenvalue weighted by Gasteiger charge is 2.15. The van der Waals surface area contributed by atoms with E-state index in [1.165, 1.54) is 22.3 Å². The Morgan fingerprint density at radius 1 is 0.543 bits per heavy atom. The predicted octanol–water partition coefficient (Wildman–Crippen LogP) is 11.6. The third-order valence-electron chi connectivity index (χ3n) is 7.97. The van der Waals surface area contributed by atoms with Crippen LogP contribution in [-0.4, -0.2) is 7.11 Å². The van der Waals surface area contributed by atoms with Crippen molar-refractivity contribution >= 4 is 29.1 Å². The summed E-state index contributed by atoms with van der Waals surface area (Å²) < 4.78 is 5.53. The number of nitrogens with zero attached hydrogens (tertiary/aromatic N) is 1. The normalized spacial score (nSPS) is 11.1. The van der Waals surface area contributed by atoms with Crippen molar-refractivity contribution in [2.75, 3.05) is 12.0 Å². The Morgan fingerprint density at radius 3 is 1.57 bits per heavy atom. The number of anilines is 2. The zero-order valence-electron chi connectivity index (χ0n) is 26.3. The molecule has 0 saturated carbocycles. The van der Waals surface area contributed by atoms with Crippen molar-refractivity contribution in [3.05, 3.63) is 204 Å². The van der Waals surface area contributed by atoms with E-state index in [0.717, 1.165) is 39.4 Å². The Morgan fingerprint density at radius 2 is 1.04 bits per heavy atom. The lowest BCUT2D eigenvalue weighted by molar-refractivity contribution is 0.414. The molecule has 0 aliphatic rings. The first-order valence-electron chi connectivity index (χ1n) is 15.5. The maximum Gasteiger partial charge on any atom is 0.119 e. The molecule has 224 valence electrons. The van der Waals surface area contributed by atoms with Gasteiger partial charge in [-0.3, -0.25) is 0 Å². The second-order valence-electron chi connectivity index (χ2n) is 11.1. The molecule has 0 aliphatic heterocycles. The van der Waals surface area contributed by atoms with Gasteiger partial charge in [0.05, 0.1) is 7.11 Å². The summed E-state index contributed by atoms with van der Waals surface area (Å²) in [4.78, 5) is 2.28. The monoisotopic (exact) mass is 595 g/mol. The van der Waals surface area contributed by atoms with Gasteiger partial charge in [-0.05, 0) is 76.2 Å². The van der Waals surface area contributed by atoms with Crippen LogP contribution in [0.4, 0.5) is 11.4 Å². The topological polar surface area (TPSA) is 12.5 Å². The molecule has 0 radical (unpaired) electrons. The van der Waals surface area contributed by atoms with Crippen molar-refractivity contribution in [3.63, 3.8) is 0 Å². The van der Waals surface area contributed by atoms with Gasteiger partial charge in [0.2, 0.25) is 0 Å². The number of hydrogen-bond donors (Lipinski definition) is 0. The van der Waals surface area contributed by atoms with E-state index < -0.39 is 0 Å². The zero-order valence-corrected chi connectivity index (χ0v) is 26.3. The molecule has 46 heavy (non-hydrogen) atoms. The van der Waals surface area contributed by atoms with E-state index in [-0.39, 0.29) is 0 Å². The van der Waals surface area contributed by atoms with Gasteiger partial charge in [-0.25, -0.2) is 0 Å². The van der Waals surface area contributed by atoms with E-state index in [1.54, 1.807) is 7.11 Å². The molecule has 0 saturated heterocycles. The number of hydrogen-bond acceptors (Lipinski definition) is 2. The van der Waals surface area contributed by atoms with Crippen LogP contribution >= 0.6 is 0 Å². The zero-order chi connectivity index (χ0) is 31.6. The van der Waals surface area contributed by atoms with Gasteiger partial charge >= 0.3 is 0 Å². The molecule has 6 aromatic carbocycles. The summed E-state index contributed by atoms with van der Waals surface area (Å²) in [5, 5.41) is 0. The minimum atomic E-state index is 0.845. The van der Waals surface area contributed by atoms with Gasteiger partial charge in [0.15, 0.2) is 0 Å². The first-order valence-corrected chi connectivity index (χ1v) is 15.5. The highest BCUT2D eigenvalue weighted by Crippen LogP contribution is 2.35. The Kier molecular flexibility index (Phi) is 9.67. The SMILES string of the molecule is COc1ccc(N(C=C(c2ccccc2)c2ccccc2)c2ccc(-c3ccc(C=CC=Cc4ccccc4)cc3)cc2)c(C)c1. The van der Waals surface area contributed by atoms with Gasteiger partial charge in [0, 0.05) is 23.1 Å². The van der Waals surface area contributed by atoms with Crippen LogP contribution in [0.5, 0.6) is 5.75 Å². The molecule has 0 amide bonds. The Balaban J connectivity index is 1.31. The largest absolute Gasteiger partial charge is 0.497 e. The smallest absolute Gasteiger partial charge is 0.119 e. The summed E-state index contributed by atoms with van der Waals surface area (Å²) in [5.41, 5.74) is 11.5. The maximum absolute atomic E-state index is 5.53. The van der Waals surface area contributed by atoms with Gasteiger partial charge in [-0.15, -0.1) is 0 Å². The summed E-state index contributed by atoms with van der Waals surface area (Å²) in [6.07, 6.45) is 10.7. The lowest BCUT2D eigenvalue weighted by atomic mass is 9.98. The van der Waals surface area contributed by atoms with Crippen LogP contribution in [0.15, 0.2) is 176 Å². The van der Waals surface area contributed by atoms with E-state index in [4.69, 9.17) is 4.74 Å². The molecule has 0 N–H and O–H groups in total. The van der Waals surface area contributed by atoms with Crippen LogP contribution in [0.3, 0.4) is 0 Å². The van der Waals surface area contributed by atoms with Crippen molar-refractivity contribution in [2.45, 2.75) is 6.92 Å².